The summed E-state index contributed by atoms with van der Waals surface area (Å²) in [7, 11) is 0. The van der Waals surface area contributed by atoms with Crippen molar-refractivity contribution in [3.8, 4) is 0 Å². The Labute approximate surface area is 151 Å². The topological polar surface area (TPSA) is 50.5 Å². The Balaban J connectivity index is 1.14. The third-order valence-electron chi connectivity index (χ3n) is 6.35. The van der Waals surface area contributed by atoms with Crippen molar-refractivity contribution in [3.05, 3.63) is 17.5 Å². The van der Waals surface area contributed by atoms with Gasteiger partial charge in [-0.25, -0.2) is 0 Å². The molecule has 2 bridgehead atoms. The van der Waals surface area contributed by atoms with Crippen LogP contribution in [0.4, 0.5) is 0 Å². The zero-order valence-electron chi connectivity index (χ0n) is 15.4. The van der Waals surface area contributed by atoms with Gasteiger partial charge in [0.2, 0.25) is 0 Å². The smallest absolute Gasteiger partial charge is 0.151 e. The monoisotopic (exact) mass is 347 g/mol. The van der Waals surface area contributed by atoms with Crippen LogP contribution in [0.1, 0.15) is 56.4 Å². The van der Waals surface area contributed by atoms with Crippen LogP contribution >= 0.6 is 0 Å². The largest absolute Gasteiger partial charge is 0.379 e. The summed E-state index contributed by atoms with van der Waals surface area (Å²) in [6.07, 6.45) is 10.3. The number of nitrogens with zero attached hydrogens (tertiary/aromatic N) is 2. The van der Waals surface area contributed by atoms with Crippen molar-refractivity contribution in [2.75, 3.05) is 32.8 Å². The van der Waals surface area contributed by atoms with Crippen LogP contribution in [0.15, 0.2) is 10.6 Å². The lowest BCUT2D eigenvalue weighted by molar-refractivity contribution is 0.0305. The molecule has 3 fully saturated rings. The van der Waals surface area contributed by atoms with Gasteiger partial charge in [0.05, 0.1) is 25.5 Å². The van der Waals surface area contributed by atoms with Gasteiger partial charge in [-0.15, -0.1) is 0 Å². The first-order valence-corrected chi connectivity index (χ1v) is 10.3. The molecule has 0 amide bonds. The van der Waals surface area contributed by atoms with E-state index < -0.39 is 0 Å². The quantitative estimate of drug-likeness (QED) is 0.768. The molecule has 1 saturated heterocycles. The lowest BCUT2D eigenvalue weighted by Gasteiger charge is -2.39. The predicted molar refractivity (Wildman–Crippen MR) is 97.1 cm³/mol. The Morgan fingerprint density at radius 2 is 1.92 bits per heavy atom. The van der Waals surface area contributed by atoms with Gasteiger partial charge in [0.15, 0.2) is 5.76 Å². The first-order chi connectivity index (χ1) is 12.3. The highest BCUT2D eigenvalue weighted by atomic mass is 16.5. The molecule has 0 radical (unpaired) electrons. The van der Waals surface area contributed by atoms with E-state index in [9.17, 15) is 0 Å². The Kier molecular flexibility index (Phi) is 6.06. The SMILES string of the molecule is c1c(CNCCC2CC3CCCC(C3)C2)noc1CN1CCOCC1. The van der Waals surface area contributed by atoms with Gasteiger partial charge in [-0.05, 0) is 50.0 Å². The van der Waals surface area contributed by atoms with Crippen molar-refractivity contribution in [1.82, 2.24) is 15.4 Å². The minimum atomic E-state index is 0.825. The fraction of sp³-hybridized carbons (Fsp3) is 0.850. The second-order valence-electron chi connectivity index (χ2n) is 8.37. The van der Waals surface area contributed by atoms with Gasteiger partial charge in [-0.1, -0.05) is 24.4 Å². The molecule has 2 unspecified atom stereocenters. The molecule has 2 atom stereocenters. The molecule has 2 saturated carbocycles. The highest BCUT2D eigenvalue weighted by Gasteiger charge is 2.31. The molecule has 140 valence electrons. The summed E-state index contributed by atoms with van der Waals surface area (Å²) in [4.78, 5) is 2.36. The molecular weight excluding hydrogens is 314 g/mol. The number of aromatic nitrogens is 1. The van der Waals surface area contributed by atoms with E-state index in [0.717, 1.165) is 75.1 Å². The average Bonchev–Trinajstić information content (AvgIpc) is 3.07. The van der Waals surface area contributed by atoms with E-state index in [2.05, 4.69) is 21.4 Å². The van der Waals surface area contributed by atoms with Crippen LogP contribution < -0.4 is 5.32 Å². The van der Waals surface area contributed by atoms with E-state index >= 15 is 0 Å². The van der Waals surface area contributed by atoms with Gasteiger partial charge in [0, 0.05) is 25.7 Å². The van der Waals surface area contributed by atoms with Crippen molar-refractivity contribution in [2.45, 2.75) is 58.0 Å². The molecule has 1 N–H and O–H groups in total. The maximum absolute atomic E-state index is 5.49. The Bertz CT molecular complexity index is 515. The first kappa shape index (κ1) is 17.5. The van der Waals surface area contributed by atoms with Crippen molar-refractivity contribution in [2.24, 2.45) is 17.8 Å². The molecule has 25 heavy (non-hydrogen) atoms. The van der Waals surface area contributed by atoms with Crippen LogP contribution in [0.3, 0.4) is 0 Å². The maximum atomic E-state index is 5.49. The van der Waals surface area contributed by atoms with Crippen LogP contribution in [0, 0.1) is 17.8 Å². The summed E-state index contributed by atoms with van der Waals surface area (Å²) < 4.78 is 10.9. The van der Waals surface area contributed by atoms with Crippen LogP contribution in [0.25, 0.3) is 0 Å². The molecule has 5 heteroatoms. The minimum Gasteiger partial charge on any atom is -0.379 e. The Hall–Kier alpha value is -0.910. The molecule has 3 aliphatic rings. The summed E-state index contributed by atoms with van der Waals surface area (Å²) in [6.45, 7) is 6.40. The van der Waals surface area contributed by atoms with E-state index in [4.69, 9.17) is 9.26 Å². The Morgan fingerprint density at radius 1 is 1.12 bits per heavy atom. The number of hydrogen-bond acceptors (Lipinski definition) is 5. The van der Waals surface area contributed by atoms with Gasteiger partial charge < -0.3 is 14.6 Å². The summed E-state index contributed by atoms with van der Waals surface area (Å²) >= 11 is 0. The highest BCUT2D eigenvalue weighted by Crippen LogP contribution is 2.43. The van der Waals surface area contributed by atoms with E-state index in [1.165, 1.54) is 44.9 Å². The van der Waals surface area contributed by atoms with Gasteiger partial charge in [0.25, 0.3) is 0 Å². The second-order valence-corrected chi connectivity index (χ2v) is 8.37. The van der Waals surface area contributed by atoms with Gasteiger partial charge in [-0.3, -0.25) is 4.90 Å². The summed E-state index contributed by atoms with van der Waals surface area (Å²) in [6, 6.07) is 2.10. The van der Waals surface area contributed by atoms with Gasteiger partial charge in [-0.2, -0.15) is 0 Å². The molecule has 1 aromatic rings. The van der Waals surface area contributed by atoms with E-state index in [1.807, 2.05) is 0 Å². The lowest BCUT2D eigenvalue weighted by atomic mass is 9.67. The molecule has 2 heterocycles. The summed E-state index contributed by atoms with van der Waals surface area (Å²) in [5, 5.41) is 7.79. The number of fused-ring (bicyclic) bond motifs is 2. The zero-order valence-corrected chi connectivity index (χ0v) is 15.4. The van der Waals surface area contributed by atoms with Crippen molar-refractivity contribution in [1.29, 1.82) is 0 Å². The van der Waals surface area contributed by atoms with E-state index in [0.29, 0.717) is 0 Å². The Morgan fingerprint density at radius 3 is 2.72 bits per heavy atom. The fourth-order valence-corrected chi connectivity index (χ4v) is 5.12. The molecule has 0 spiro atoms. The third-order valence-corrected chi connectivity index (χ3v) is 6.35. The standard InChI is InChI=1S/C20H33N3O2/c1-2-16-10-17(3-1)12-18(11-16)4-5-21-14-19-13-20(25-22-19)15-23-6-8-24-9-7-23/h13,16-18,21H,1-12,14-15H2. The molecule has 4 rings (SSSR count). The lowest BCUT2D eigenvalue weighted by Crippen LogP contribution is -2.35. The first-order valence-electron chi connectivity index (χ1n) is 10.3. The van der Waals surface area contributed by atoms with Crippen LogP contribution in [0.2, 0.25) is 0 Å². The van der Waals surface area contributed by atoms with E-state index in [1.54, 1.807) is 0 Å². The number of nitrogens with one attached hydrogen (secondary N) is 1. The van der Waals surface area contributed by atoms with Crippen LogP contribution in [0.5, 0.6) is 0 Å². The number of morpholine rings is 1. The maximum Gasteiger partial charge on any atom is 0.151 e. The zero-order chi connectivity index (χ0) is 16.9. The second kappa shape index (κ2) is 8.65. The minimum absolute atomic E-state index is 0.825. The molecule has 5 nitrogen and oxygen atoms in total. The van der Waals surface area contributed by atoms with Crippen LogP contribution in [-0.2, 0) is 17.8 Å². The number of ether oxygens (including phenoxy) is 1. The molecular formula is C20H33N3O2. The highest BCUT2D eigenvalue weighted by molar-refractivity contribution is 5.05. The van der Waals surface area contributed by atoms with E-state index in [-0.39, 0.29) is 0 Å². The third kappa shape index (κ3) is 5.05. The molecule has 1 aliphatic heterocycles. The average molecular weight is 348 g/mol. The van der Waals surface area contributed by atoms with Crippen molar-refractivity contribution in [3.63, 3.8) is 0 Å². The predicted octanol–water partition coefficient (Wildman–Crippen LogP) is 3.20. The fourth-order valence-electron chi connectivity index (χ4n) is 5.12. The van der Waals surface area contributed by atoms with Crippen molar-refractivity contribution < 1.29 is 9.26 Å². The number of hydrogen-bond donors (Lipinski definition) is 1. The van der Waals surface area contributed by atoms with Gasteiger partial charge >= 0.3 is 0 Å². The molecule has 1 aromatic heterocycles. The normalized spacial score (nSPS) is 30.5. The van der Waals surface area contributed by atoms with Gasteiger partial charge in [0.1, 0.15) is 0 Å². The molecule has 0 aromatic carbocycles. The number of rotatable bonds is 7. The summed E-state index contributed by atoms with van der Waals surface area (Å²) in [5.41, 5.74) is 1.03. The van der Waals surface area contributed by atoms with Crippen LogP contribution in [-0.4, -0.2) is 42.9 Å². The molecule has 2 aliphatic carbocycles. The summed E-state index contributed by atoms with van der Waals surface area (Å²) in [5.74, 6) is 4.00. The van der Waals surface area contributed by atoms with Crippen molar-refractivity contribution >= 4 is 0 Å².